The van der Waals surface area contributed by atoms with E-state index in [1.807, 2.05) is 47.0 Å². The molecular formula is C30H29ClN6O2. The molecule has 2 aromatic heterocycles. The number of carbonyl (C=O) groups excluding carboxylic acids is 1. The molecule has 0 N–H and O–H groups in total. The van der Waals surface area contributed by atoms with E-state index in [1.165, 1.54) is 0 Å². The second-order valence-corrected chi connectivity index (χ2v) is 9.58. The summed E-state index contributed by atoms with van der Waals surface area (Å²) in [7, 11) is 1.66. The van der Waals surface area contributed by atoms with Gasteiger partial charge in [-0.3, -0.25) is 4.79 Å². The molecule has 0 saturated heterocycles. The first-order chi connectivity index (χ1) is 19.1. The van der Waals surface area contributed by atoms with Crippen molar-refractivity contribution in [2.45, 2.75) is 39.3 Å². The van der Waals surface area contributed by atoms with Crippen LogP contribution in [0.5, 0.6) is 5.75 Å². The normalized spacial score (nSPS) is 11.1. The number of hydrogen-bond donors (Lipinski definition) is 0. The van der Waals surface area contributed by atoms with Crippen molar-refractivity contribution in [2.24, 2.45) is 0 Å². The van der Waals surface area contributed by atoms with E-state index >= 15 is 0 Å². The monoisotopic (exact) mass is 540 g/mol. The lowest BCUT2D eigenvalue weighted by molar-refractivity contribution is 0.111. The van der Waals surface area contributed by atoms with Crippen LogP contribution in [0.1, 0.15) is 47.2 Å². The van der Waals surface area contributed by atoms with E-state index in [1.54, 1.807) is 11.8 Å². The third-order valence-corrected chi connectivity index (χ3v) is 7.00. The maximum Gasteiger partial charge on any atom is 0.182 e. The number of ether oxygens (including phenoxy) is 1. The number of tetrazole rings is 1. The molecule has 0 aliphatic carbocycles. The Bertz CT molecular complexity index is 1570. The number of rotatable bonds is 11. The molecule has 0 spiro atoms. The second kappa shape index (κ2) is 12.0. The molecule has 0 amide bonds. The summed E-state index contributed by atoms with van der Waals surface area (Å²) in [6.07, 6.45) is 3.58. The second-order valence-electron chi connectivity index (χ2n) is 9.23. The Morgan fingerprint density at radius 1 is 0.949 bits per heavy atom. The zero-order chi connectivity index (χ0) is 27.2. The summed E-state index contributed by atoms with van der Waals surface area (Å²) in [5.41, 5.74) is 5.43. The third-order valence-electron chi connectivity index (χ3n) is 6.72. The van der Waals surface area contributed by atoms with Gasteiger partial charge in [-0.15, -0.1) is 5.10 Å². The van der Waals surface area contributed by atoms with Crippen LogP contribution in [0.15, 0.2) is 72.8 Å². The highest BCUT2D eigenvalue weighted by atomic mass is 35.5. The molecule has 39 heavy (non-hydrogen) atoms. The summed E-state index contributed by atoms with van der Waals surface area (Å²) in [5.74, 6) is 2.29. The fraction of sp³-hybridized carbons (Fsp3) is 0.233. The van der Waals surface area contributed by atoms with E-state index in [2.05, 4.69) is 57.8 Å². The Labute approximate surface area is 232 Å². The van der Waals surface area contributed by atoms with Crippen LogP contribution in [0, 0.1) is 0 Å². The van der Waals surface area contributed by atoms with E-state index in [9.17, 15) is 4.79 Å². The summed E-state index contributed by atoms with van der Waals surface area (Å²) in [5, 5.41) is 12.8. The van der Waals surface area contributed by atoms with Crippen LogP contribution in [0.4, 0.5) is 0 Å². The molecule has 3 aromatic carbocycles. The molecule has 198 valence electrons. The molecule has 5 aromatic rings. The van der Waals surface area contributed by atoms with Crippen molar-refractivity contribution >= 4 is 17.9 Å². The van der Waals surface area contributed by atoms with Crippen molar-refractivity contribution < 1.29 is 9.53 Å². The molecule has 2 heterocycles. The molecule has 0 aliphatic heterocycles. The molecule has 5 rings (SSSR count). The number of carbonyl (C=O) groups is 1. The minimum atomic E-state index is 0.257. The number of imidazole rings is 1. The number of nitrogens with zero attached hydrogens (tertiary/aromatic N) is 6. The molecular weight excluding hydrogens is 512 g/mol. The van der Waals surface area contributed by atoms with Crippen molar-refractivity contribution in [3.8, 4) is 28.3 Å². The fourth-order valence-electron chi connectivity index (χ4n) is 4.70. The number of benzene rings is 3. The minimum absolute atomic E-state index is 0.257. The van der Waals surface area contributed by atoms with Gasteiger partial charge in [-0.05, 0) is 39.6 Å². The van der Waals surface area contributed by atoms with Crippen LogP contribution < -0.4 is 4.74 Å². The number of methoxy groups -OCH3 is 1. The van der Waals surface area contributed by atoms with E-state index in [-0.39, 0.29) is 5.15 Å². The zero-order valence-corrected chi connectivity index (χ0v) is 22.7. The van der Waals surface area contributed by atoms with Crippen molar-refractivity contribution in [1.29, 1.82) is 0 Å². The largest absolute Gasteiger partial charge is 0.496 e. The summed E-state index contributed by atoms with van der Waals surface area (Å²) < 4.78 is 9.22. The highest BCUT2D eigenvalue weighted by Gasteiger charge is 2.17. The number of aromatic nitrogens is 6. The lowest BCUT2D eigenvalue weighted by Crippen LogP contribution is -2.08. The van der Waals surface area contributed by atoms with Gasteiger partial charge in [0.25, 0.3) is 0 Å². The van der Waals surface area contributed by atoms with Crippen molar-refractivity contribution in [3.63, 3.8) is 0 Å². The van der Waals surface area contributed by atoms with Crippen LogP contribution in [0.3, 0.4) is 0 Å². The van der Waals surface area contributed by atoms with Crippen LogP contribution in [-0.2, 0) is 19.5 Å². The molecule has 0 fully saturated rings. The van der Waals surface area contributed by atoms with Gasteiger partial charge in [0.15, 0.2) is 17.3 Å². The van der Waals surface area contributed by atoms with E-state index in [4.69, 9.17) is 16.3 Å². The van der Waals surface area contributed by atoms with Crippen molar-refractivity contribution in [2.75, 3.05) is 7.11 Å². The van der Waals surface area contributed by atoms with Gasteiger partial charge in [-0.25, -0.2) is 9.67 Å². The average molecular weight is 541 g/mol. The van der Waals surface area contributed by atoms with Crippen LogP contribution in [0.25, 0.3) is 22.5 Å². The van der Waals surface area contributed by atoms with Crippen LogP contribution in [0.2, 0.25) is 5.15 Å². The Balaban J connectivity index is 1.43. The molecule has 0 bridgehead atoms. The highest BCUT2D eigenvalue weighted by molar-refractivity contribution is 6.31. The van der Waals surface area contributed by atoms with Crippen molar-refractivity contribution in [1.82, 2.24) is 29.8 Å². The Morgan fingerprint density at radius 2 is 1.69 bits per heavy atom. The lowest BCUT2D eigenvalue weighted by atomic mass is 9.98. The zero-order valence-electron chi connectivity index (χ0n) is 21.9. The summed E-state index contributed by atoms with van der Waals surface area (Å²) in [4.78, 5) is 16.2. The van der Waals surface area contributed by atoms with Gasteiger partial charge >= 0.3 is 0 Å². The first kappa shape index (κ1) is 26.3. The highest BCUT2D eigenvalue weighted by Crippen LogP contribution is 2.32. The fourth-order valence-corrected chi connectivity index (χ4v) is 4.94. The molecule has 0 saturated carbocycles. The van der Waals surface area contributed by atoms with Crippen LogP contribution in [-0.4, -0.2) is 43.2 Å². The summed E-state index contributed by atoms with van der Waals surface area (Å²) in [6, 6.07) is 24.2. The predicted molar refractivity (Wildman–Crippen MR) is 151 cm³/mol. The van der Waals surface area contributed by atoms with Crippen LogP contribution >= 0.6 is 11.6 Å². The number of halogens is 1. The predicted octanol–water partition coefficient (Wildman–Crippen LogP) is 6.12. The number of unbranched alkanes of at least 4 members (excludes halogenated alkanes) is 1. The molecule has 0 aliphatic rings. The SMILES string of the molecule is CCCCc1nc(Cl)c(C=O)n1Cc1ccc(-c2ccccc2-c2nnnn2Cc2ccccc2OC)cc1. The number of aldehydes is 1. The quantitative estimate of drug-likeness (QED) is 0.188. The standard InChI is InChI=1S/C30H29ClN6O2/c1-3-4-13-28-32-29(31)26(20-38)36(28)18-21-14-16-22(17-15-21)24-10-6-7-11-25(24)30-33-34-35-37(30)19-23-9-5-8-12-27(23)39-2/h5-12,14-17,20H,3-4,13,18-19H2,1-2H3. The molecule has 0 unspecified atom stereocenters. The minimum Gasteiger partial charge on any atom is -0.496 e. The lowest BCUT2D eigenvalue weighted by Gasteiger charge is -2.13. The van der Waals surface area contributed by atoms with E-state index in [0.29, 0.717) is 24.6 Å². The Hall–Kier alpha value is -4.30. The summed E-state index contributed by atoms with van der Waals surface area (Å²) >= 11 is 6.26. The maximum atomic E-state index is 11.7. The van der Waals surface area contributed by atoms with Gasteiger partial charge in [-0.1, -0.05) is 91.7 Å². The van der Waals surface area contributed by atoms with Gasteiger partial charge in [0.05, 0.1) is 13.7 Å². The third kappa shape index (κ3) is 5.61. The van der Waals surface area contributed by atoms with E-state index in [0.717, 1.165) is 64.9 Å². The first-order valence-electron chi connectivity index (χ1n) is 12.9. The molecule has 8 nitrogen and oxygen atoms in total. The Kier molecular flexibility index (Phi) is 8.13. The Morgan fingerprint density at radius 3 is 2.44 bits per heavy atom. The average Bonchev–Trinajstić information content (AvgIpc) is 3.55. The number of para-hydroxylation sites is 1. The van der Waals surface area contributed by atoms with Crippen molar-refractivity contribution in [3.05, 3.63) is 101 Å². The number of aryl methyl sites for hydroxylation is 1. The van der Waals surface area contributed by atoms with Gasteiger partial charge in [0.2, 0.25) is 0 Å². The number of hydrogen-bond acceptors (Lipinski definition) is 6. The van der Waals surface area contributed by atoms with Gasteiger partial charge < -0.3 is 9.30 Å². The maximum absolute atomic E-state index is 11.7. The topological polar surface area (TPSA) is 87.7 Å². The molecule has 9 heteroatoms. The van der Waals surface area contributed by atoms with Gasteiger partial charge in [0.1, 0.15) is 17.3 Å². The summed E-state index contributed by atoms with van der Waals surface area (Å²) in [6.45, 7) is 3.13. The van der Waals surface area contributed by atoms with Gasteiger partial charge in [-0.2, -0.15) is 0 Å². The van der Waals surface area contributed by atoms with E-state index < -0.39 is 0 Å². The first-order valence-corrected chi connectivity index (χ1v) is 13.3. The molecule has 0 radical (unpaired) electrons. The smallest absolute Gasteiger partial charge is 0.182 e. The molecule has 0 atom stereocenters. The van der Waals surface area contributed by atoms with Gasteiger partial charge in [0, 0.05) is 24.1 Å².